The molecule has 1 unspecified atom stereocenters. The predicted molar refractivity (Wildman–Crippen MR) is 81.0 cm³/mol. The molecule has 19 heavy (non-hydrogen) atoms. The molecule has 0 aromatic heterocycles. The van der Waals surface area contributed by atoms with E-state index in [2.05, 4.69) is 12.6 Å². The van der Waals surface area contributed by atoms with Crippen molar-refractivity contribution < 1.29 is 9.53 Å². The molecule has 0 saturated heterocycles. The average molecular weight is 272 g/mol. The van der Waals surface area contributed by atoms with Gasteiger partial charge in [0.15, 0.2) is 5.78 Å². The number of methoxy groups -OCH3 is 1. The number of hydrogen-bond donors (Lipinski definition) is 1. The first-order valence-electron chi connectivity index (χ1n) is 6.11. The highest BCUT2D eigenvalue weighted by atomic mass is 32.1. The zero-order chi connectivity index (χ0) is 13.7. The van der Waals surface area contributed by atoms with Gasteiger partial charge in [0.05, 0.1) is 17.9 Å². The Hall–Kier alpha value is -1.74. The van der Waals surface area contributed by atoms with Crippen LogP contribution in [0.3, 0.4) is 0 Å². The van der Waals surface area contributed by atoms with Crippen LogP contribution in [0.25, 0.3) is 6.08 Å². The molecule has 0 heterocycles. The van der Waals surface area contributed by atoms with Gasteiger partial charge < -0.3 is 4.74 Å². The van der Waals surface area contributed by atoms with E-state index in [0.717, 1.165) is 5.56 Å². The molecule has 0 amide bonds. The minimum atomic E-state index is -0.198. The molecule has 1 aliphatic rings. The Morgan fingerprint density at radius 3 is 2.79 bits per heavy atom. The van der Waals surface area contributed by atoms with Gasteiger partial charge in [-0.15, -0.1) is 0 Å². The van der Waals surface area contributed by atoms with Crippen LogP contribution in [0.2, 0.25) is 0 Å². The Morgan fingerprint density at radius 2 is 2.11 bits per heavy atom. The summed E-state index contributed by atoms with van der Waals surface area (Å²) in [6.07, 6.45) is 7.91. The summed E-state index contributed by atoms with van der Waals surface area (Å²) in [6.45, 7) is 0. The third-order valence-corrected chi connectivity index (χ3v) is 3.39. The molecular weight excluding hydrogens is 256 g/mol. The van der Waals surface area contributed by atoms with Gasteiger partial charge in [0, 0.05) is 6.42 Å². The first kappa shape index (κ1) is 13.7. The van der Waals surface area contributed by atoms with Crippen molar-refractivity contribution in [2.75, 3.05) is 7.11 Å². The zero-order valence-corrected chi connectivity index (χ0v) is 11.6. The molecule has 0 saturated carbocycles. The van der Waals surface area contributed by atoms with Gasteiger partial charge in [-0.25, -0.2) is 0 Å². The minimum absolute atomic E-state index is 0.0509. The number of thiol groups is 1. The van der Waals surface area contributed by atoms with Crippen LogP contribution in [0.15, 0.2) is 59.9 Å². The fraction of sp³-hybridized carbons (Fsp3) is 0.188. The van der Waals surface area contributed by atoms with Crippen molar-refractivity contribution in [2.24, 2.45) is 0 Å². The molecule has 1 aromatic rings. The number of ether oxygens (including phenoxy) is 1. The normalized spacial score (nSPS) is 18.9. The van der Waals surface area contributed by atoms with E-state index < -0.39 is 0 Å². The van der Waals surface area contributed by atoms with Crippen LogP contribution >= 0.6 is 12.6 Å². The third kappa shape index (κ3) is 3.38. The Morgan fingerprint density at radius 1 is 1.37 bits per heavy atom. The second kappa shape index (κ2) is 6.43. The summed E-state index contributed by atoms with van der Waals surface area (Å²) in [7, 11) is 1.59. The Bertz CT molecular complexity index is 541. The number of benzene rings is 1. The maximum absolute atomic E-state index is 12.2. The SMILES string of the molecule is COC1=C(C(=O)C=Cc2ccccc2)C(S)C=CC1. The van der Waals surface area contributed by atoms with Crippen LogP contribution in [0.1, 0.15) is 12.0 Å². The van der Waals surface area contributed by atoms with E-state index in [4.69, 9.17) is 4.74 Å². The highest BCUT2D eigenvalue weighted by Gasteiger charge is 2.22. The van der Waals surface area contributed by atoms with E-state index in [1.165, 1.54) is 0 Å². The van der Waals surface area contributed by atoms with Gasteiger partial charge in [0.2, 0.25) is 0 Å². The van der Waals surface area contributed by atoms with Gasteiger partial charge in [0.1, 0.15) is 5.76 Å². The Kier molecular flexibility index (Phi) is 4.63. The topological polar surface area (TPSA) is 26.3 Å². The van der Waals surface area contributed by atoms with Crippen molar-refractivity contribution in [3.05, 3.63) is 65.5 Å². The fourth-order valence-corrected chi connectivity index (χ4v) is 2.37. The summed E-state index contributed by atoms with van der Waals surface area (Å²) in [5, 5.41) is -0.198. The fourth-order valence-electron chi connectivity index (χ4n) is 1.98. The standard InChI is InChI=1S/C16H16O2S/c1-18-14-8-5-9-15(19)16(14)13(17)11-10-12-6-3-2-4-7-12/h2-7,9-11,15,19H,8H2,1H3. The van der Waals surface area contributed by atoms with E-state index in [9.17, 15) is 4.79 Å². The van der Waals surface area contributed by atoms with Crippen LogP contribution in [-0.4, -0.2) is 18.1 Å². The largest absolute Gasteiger partial charge is 0.500 e. The van der Waals surface area contributed by atoms with Crippen molar-refractivity contribution >= 4 is 24.5 Å². The molecule has 3 heteroatoms. The molecule has 98 valence electrons. The van der Waals surface area contributed by atoms with Gasteiger partial charge >= 0.3 is 0 Å². The van der Waals surface area contributed by atoms with E-state index in [0.29, 0.717) is 17.8 Å². The van der Waals surface area contributed by atoms with Crippen molar-refractivity contribution in [1.82, 2.24) is 0 Å². The molecule has 0 fully saturated rings. The Balaban J connectivity index is 2.19. The Labute approximate surface area is 118 Å². The maximum atomic E-state index is 12.2. The molecule has 1 atom stereocenters. The van der Waals surface area contributed by atoms with Crippen LogP contribution in [0.4, 0.5) is 0 Å². The van der Waals surface area contributed by atoms with Crippen molar-refractivity contribution in [1.29, 1.82) is 0 Å². The van der Waals surface area contributed by atoms with Crippen molar-refractivity contribution in [3.8, 4) is 0 Å². The van der Waals surface area contributed by atoms with Gasteiger partial charge in [-0.1, -0.05) is 48.6 Å². The van der Waals surface area contributed by atoms with Crippen LogP contribution < -0.4 is 0 Å². The number of carbonyl (C=O) groups excluding carboxylic acids is 1. The van der Waals surface area contributed by atoms with Gasteiger partial charge in [-0.3, -0.25) is 4.79 Å². The summed E-state index contributed by atoms with van der Waals surface area (Å²) in [6, 6.07) is 9.73. The molecule has 0 bridgehead atoms. The lowest BCUT2D eigenvalue weighted by atomic mass is 9.98. The monoisotopic (exact) mass is 272 g/mol. The number of ketones is 1. The third-order valence-electron chi connectivity index (χ3n) is 2.96. The smallest absolute Gasteiger partial charge is 0.186 e. The molecule has 2 rings (SSSR count). The quantitative estimate of drug-likeness (QED) is 0.516. The van der Waals surface area contributed by atoms with Gasteiger partial charge in [-0.05, 0) is 11.6 Å². The van der Waals surface area contributed by atoms with Gasteiger partial charge in [-0.2, -0.15) is 12.6 Å². The lowest BCUT2D eigenvalue weighted by Crippen LogP contribution is -2.16. The summed E-state index contributed by atoms with van der Waals surface area (Å²) in [5.74, 6) is 0.648. The lowest BCUT2D eigenvalue weighted by Gasteiger charge is -2.18. The first-order chi connectivity index (χ1) is 9.22. The van der Waals surface area contributed by atoms with Gasteiger partial charge in [0.25, 0.3) is 0 Å². The van der Waals surface area contributed by atoms with E-state index in [1.54, 1.807) is 19.3 Å². The first-order valence-corrected chi connectivity index (χ1v) is 6.63. The number of rotatable bonds is 4. The van der Waals surface area contributed by atoms with Crippen molar-refractivity contribution in [3.63, 3.8) is 0 Å². The number of carbonyl (C=O) groups is 1. The summed E-state index contributed by atoms with van der Waals surface area (Å²) in [4.78, 5) is 12.2. The zero-order valence-electron chi connectivity index (χ0n) is 10.7. The average Bonchev–Trinajstić information content (AvgIpc) is 2.45. The van der Waals surface area contributed by atoms with Crippen LogP contribution in [0, 0.1) is 0 Å². The summed E-state index contributed by atoms with van der Waals surface area (Å²) < 4.78 is 5.27. The maximum Gasteiger partial charge on any atom is 0.186 e. The minimum Gasteiger partial charge on any atom is -0.500 e. The lowest BCUT2D eigenvalue weighted by molar-refractivity contribution is -0.111. The molecule has 1 aromatic carbocycles. The second-order valence-corrected chi connectivity index (χ2v) is 4.78. The number of allylic oxidation sites excluding steroid dienone is 2. The molecule has 0 radical (unpaired) electrons. The van der Waals surface area contributed by atoms with Crippen molar-refractivity contribution in [2.45, 2.75) is 11.7 Å². The van der Waals surface area contributed by atoms with E-state index in [-0.39, 0.29) is 11.0 Å². The second-order valence-electron chi connectivity index (χ2n) is 4.23. The molecule has 0 N–H and O–H groups in total. The molecule has 1 aliphatic carbocycles. The molecular formula is C16H16O2S. The molecule has 0 aliphatic heterocycles. The summed E-state index contributed by atoms with van der Waals surface area (Å²) >= 11 is 4.41. The highest BCUT2D eigenvalue weighted by molar-refractivity contribution is 7.81. The van der Waals surface area contributed by atoms with E-state index >= 15 is 0 Å². The predicted octanol–water partition coefficient (Wildman–Crippen LogP) is 3.43. The summed E-state index contributed by atoms with van der Waals surface area (Å²) in [5.41, 5.74) is 1.62. The van der Waals surface area contributed by atoms with Crippen LogP contribution in [-0.2, 0) is 9.53 Å². The molecule has 2 nitrogen and oxygen atoms in total. The highest BCUT2D eigenvalue weighted by Crippen LogP contribution is 2.25. The van der Waals surface area contributed by atoms with Crippen LogP contribution in [0.5, 0.6) is 0 Å². The number of hydrogen-bond acceptors (Lipinski definition) is 3. The van der Waals surface area contributed by atoms with E-state index in [1.807, 2.05) is 42.5 Å². The molecule has 0 spiro atoms.